The number of carbonyl (C=O) groups is 1. The number of halogens is 1. The molecule has 2 aliphatic rings. The zero-order chi connectivity index (χ0) is 15.7. The second-order valence-electron chi connectivity index (χ2n) is 7.33. The van der Waals surface area contributed by atoms with Crippen molar-refractivity contribution in [2.75, 3.05) is 5.32 Å². The van der Waals surface area contributed by atoms with Crippen molar-refractivity contribution in [1.82, 2.24) is 10.3 Å². The number of thiazole rings is 1. The van der Waals surface area contributed by atoms with E-state index in [1.807, 2.05) is 6.92 Å². The van der Waals surface area contributed by atoms with Crippen molar-refractivity contribution in [2.24, 2.45) is 11.8 Å². The van der Waals surface area contributed by atoms with Crippen LogP contribution >= 0.6 is 23.7 Å². The normalized spacial score (nSPS) is 26.2. The van der Waals surface area contributed by atoms with E-state index in [0.717, 1.165) is 35.0 Å². The molecule has 0 aromatic carbocycles. The van der Waals surface area contributed by atoms with E-state index in [9.17, 15) is 4.79 Å². The van der Waals surface area contributed by atoms with Gasteiger partial charge in [-0.15, -0.1) is 23.7 Å². The number of rotatable bonds is 5. The predicted molar refractivity (Wildman–Crippen MR) is 98.6 cm³/mol. The van der Waals surface area contributed by atoms with Crippen LogP contribution in [0.4, 0.5) is 5.00 Å². The molecule has 4 nitrogen and oxygen atoms in total. The van der Waals surface area contributed by atoms with E-state index < -0.39 is 0 Å². The standard InChI is InChI=1S/C17H27N3OS.ClH/c1-10(2)6-15-17(22-11(3)18-15)20-16(21)9-12-7-13-4-5-14(8-12)19-13;/h10,12-14,19H,4-9H2,1-3H3,(H,20,21);1H. The molecule has 130 valence electrons. The number of nitrogens with zero attached hydrogens (tertiary/aromatic N) is 1. The van der Waals surface area contributed by atoms with Gasteiger partial charge in [0.25, 0.3) is 0 Å². The number of carbonyl (C=O) groups excluding carboxylic acids is 1. The van der Waals surface area contributed by atoms with Gasteiger partial charge in [-0.05, 0) is 50.9 Å². The number of anilines is 1. The van der Waals surface area contributed by atoms with Crippen LogP contribution in [0.2, 0.25) is 0 Å². The molecule has 2 bridgehead atoms. The van der Waals surface area contributed by atoms with Crippen molar-refractivity contribution < 1.29 is 4.79 Å². The molecule has 3 heterocycles. The van der Waals surface area contributed by atoms with Gasteiger partial charge < -0.3 is 10.6 Å². The fourth-order valence-corrected chi connectivity index (χ4v) is 4.74. The Kier molecular flexibility index (Phi) is 6.46. The molecule has 0 spiro atoms. The van der Waals surface area contributed by atoms with E-state index >= 15 is 0 Å². The summed E-state index contributed by atoms with van der Waals surface area (Å²) in [6.07, 6.45) is 6.48. The van der Waals surface area contributed by atoms with Crippen LogP contribution < -0.4 is 10.6 Å². The van der Waals surface area contributed by atoms with E-state index in [1.54, 1.807) is 11.3 Å². The highest BCUT2D eigenvalue weighted by Crippen LogP contribution is 2.33. The zero-order valence-corrected chi connectivity index (χ0v) is 15.9. The number of amides is 1. The molecule has 1 amide bonds. The smallest absolute Gasteiger partial charge is 0.225 e. The molecule has 0 saturated carbocycles. The molecular weight excluding hydrogens is 330 g/mol. The van der Waals surface area contributed by atoms with Crippen molar-refractivity contribution in [3.63, 3.8) is 0 Å². The molecule has 2 atom stereocenters. The lowest BCUT2D eigenvalue weighted by molar-refractivity contribution is -0.117. The van der Waals surface area contributed by atoms with Crippen molar-refractivity contribution in [3.8, 4) is 0 Å². The Balaban J connectivity index is 0.00000192. The largest absolute Gasteiger partial charge is 0.316 e. The van der Waals surface area contributed by atoms with Gasteiger partial charge in [0, 0.05) is 18.5 Å². The molecule has 2 saturated heterocycles. The molecule has 2 N–H and O–H groups in total. The maximum atomic E-state index is 12.4. The van der Waals surface area contributed by atoms with Crippen LogP contribution in [-0.4, -0.2) is 23.0 Å². The van der Waals surface area contributed by atoms with Crippen LogP contribution in [0.15, 0.2) is 0 Å². The maximum absolute atomic E-state index is 12.4. The molecular formula is C17H28ClN3OS. The van der Waals surface area contributed by atoms with Gasteiger partial charge in [0.05, 0.1) is 10.7 Å². The summed E-state index contributed by atoms with van der Waals surface area (Å²) in [6, 6.07) is 1.30. The third-order valence-corrected chi connectivity index (χ3v) is 5.63. The second kappa shape index (κ2) is 7.95. The highest BCUT2D eigenvalue weighted by Gasteiger charge is 2.34. The lowest BCUT2D eigenvalue weighted by atomic mass is 9.89. The molecule has 2 unspecified atom stereocenters. The maximum Gasteiger partial charge on any atom is 0.225 e. The number of hydrogen-bond acceptors (Lipinski definition) is 4. The Bertz CT molecular complexity index is 534. The second-order valence-corrected chi connectivity index (χ2v) is 8.54. The highest BCUT2D eigenvalue weighted by atomic mass is 35.5. The number of nitrogens with one attached hydrogen (secondary N) is 2. The SMILES string of the molecule is Cc1nc(CC(C)C)c(NC(=O)CC2CC3CCC(C2)N3)s1.Cl. The number of fused-ring (bicyclic) bond motifs is 2. The first-order valence-electron chi connectivity index (χ1n) is 8.51. The molecule has 0 radical (unpaired) electrons. The zero-order valence-electron chi connectivity index (χ0n) is 14.2. The van der Waals surface area contributed by atoms with Crippen molar-refractivity contribution in [3.05, 3.63) is 10.7 Å². The Hall–Kier alpha value is -0.650. The van der Waals surface area contributed by atoms with Gasteiger partial charge >= 0.3 is 0 Å². The third-order valence-electron chi connectivity index (χ3n) is 4.70. The van der Waals surface area contributed by atoms with Gasteiger partial charge in [-0.2, -0.15) is 0 Å². The Labute approximate surface area is 149 Å². The highest BCUT2D eigenvalue weighted by molar-refractivity contribution is 7.16. The van der Waals surface area contributed by atoms with Gasteiger partial charge in [-0.1, -0.05) is 13.8 Å². The van der Waals surface area contributed by atoms with E-state index in [1.165, 1.54) is 12.8 Å². The minimum Gasteiger partial charge on any atom is -0.316 e. The van der Waals surface area contributed by atoms with E-state index in [4.69, 9.17) is 0 Å². The number of aryl methyl sites for hydroxylation is 1. The molecule has 1 aromatic rings. The number of hydrogen-bond donors (Lipinski definition) is 2. The number of piperidine rings is 1. The quantitative estimate of drug-likeness (QED) is 0.839. The minimum absolute atomic E-state index is 0. The van der Waals surface area contributed by atoms with E-state index in [0.29, 0.717) is 30.3 Å². The van der Waals surface area contributed by atoms with E-state index in [-0.39, 0.29) is 18.3 Å². The molecule has 23 heavy (non-hydrogen) atoms. The van der Waals surface area contributed by atoms with Gasteiger partial charge in [0.1, 0.15) is 5.00 Å². The molecule has 2 aliphatic heterocycles. The van der Waals surface area contributed by atoms with Crippen LogP contribution in [0.1, 0.15) is 56.7 Å². The Morgan fingerprint density at radius 3 is 2.61 bits per heavy atom. The van der Waals surface area contributed by atoms with Crippen LogP contribution in [0.25, 0.3) is 0 Å². The summed E-state index contributed by atoms with van der Waals surface area (Å²) in [7, 11) is 0. The van der Waals surface area contributed by atoms with Crippen LogP contribution in [0.5, 0.6) is 0 Å². The first-order chi connectivity index (χ1) is 10.5. The first kappa shape index (κ1) is 18.7. The molecule has 1 aromatic heterocycles. The minimum atomic E-state index is 0. The van der Waals surface area contributed by atoms with Crippen molar-refractivity contribution >= 4 is 34.7 Å². The average molecular weight is 358 g/mol. The van der Waals surface area contributed by atoms with Gasteiger partial charge in [-0.3, -0.25) is 4.79 Å². The summed E-state index contributed by atoms with van der Waals surface area (Å²) in [4.78, 5) is 17.0. The van der Waals surface area contributed by atoms with Crippen LogP contribution in [0, 0.1) is 18.8 Å². The monoisotopic (exact) mass is 357 g/mol. The first-order valence-corrected chi connectivity index (χ1v) is 9.33. The summed E-state index contributed by atoms with van der Waals surface area (Å²) < 4.78 is 0. The summed E-state index contributed by atoms with van der Waals surface area (Å²) in [5, 5.41) is 8.77. The summed E-state index contributed by atoms with van der Waals surface area (Å²) >= 11 is 1.60. The molecule has 2 fully saturated rings. The molecule has 3 rings (SSSR count). The summed E-state index contributed by atoms with van der Waals surface area (Å²) in [5.74, 6) is 1.26. The summed E-state index contributed by atoms with van der Waals surface area (Å²) in [6.45, 7) is 6.38. The fourth-order valence-electron chi connectivity index (χ4n) is 3.87. The topological polar surface area (TPSA) is 54.0 Å². The fraction of sp³-hybridized carbons (Fsp3) is 0.765. The van der Waals surface area contributed by atoms with Gasteiger partial charge in [0.15, 0.2) is 0 Å². The van der Waals surface area contributed by atoms with Gasteiger partial charge in [0.2, 0.25) is 5.91 Å². The molecule has 0 aliphatic carbocycles. The lowest BCUT2D eigenvalue weighted by Gasteiger charge is -2.28. The van der Waals surface area contributed by atoms with Gasteiger partial charge in [-0.25, -0.2) is 4.98 Å². The van der Waals surface area contributed by atoms with Crippen LogP contribution in [0.3, 0.4) is 0 Å². The van der Waals surface area contributed by atoms with Crippen molar-refractivity contribution in [2.45, 2.75) is 71.4 Å². The number of aromatic nitrogens is 1. The predicted octanol–water partition coefficient (Wildman–Crippen LogP) is 3.93. The summed E-state index contributed by atoms with van der Waals surface area (Å²) in [5.41, 5.74) is 1.05. The van der Waals surface area contributed by atoms with E-state index in [2.05, 4.69) is 29.5 Å². The Morgan fingerprint density at radius 2 is 2.00 bits per heavy atom. The van der Waals surface area contributed by atoms with Crippen molar-refractivity contribution in [1.29, 1.82) is 0 Å². The lowest BCUT2D eigenvalue weighted by Crippen LogP contribution is -2.39. The Morgan fingerprint density at radius 1 is 1.35 bits per heavy atom. The third kappa shape index (κ3) is 4.91. The average Bonchev–Trinajstić information content (AvgIpc) is 2.92. The van der Waals surface area contributed by atoms with Crippen LogP contribution in [-0.2, 0) is 11.2 Å². The molecule has 6 heteroatoms.